The van der Waals surface area contributed by atoms with Gasteiger partial charge in [-0.2, -0.15) is 0 Å². The number of fused-ring (bicyclic) bond motifs is 5. The van der Waals surface area contributed by atoms with Crippen LogP contribution in [0.3, 0.4) is 0 Å². The van der Waals surface area contributed by atoms with E-state index in [1.807, 2.05) is 13.2 Å². The van der Waals surface area contributed by atoms with E-state index >= 15 is 4.39 Å². The fourth-order valence-electron chi connectivity index (χ4n) is 5.90. The van der Waals surface area contributed by atoms with Gasteiger partial charge in [-0.15, -0.1) is 0 Å². The van der Waals surface area contributed by atoms with Crippen LogP contribution in [0.25, 0.3) is 22.4 Å². The summed E-state index contributed by atoms with van der Waals surface area (Å²) >= 11 is 1.36. The maximum absolute atomic E-state index is 16.2. The smallest absolute Gasteiger partial charge is 0.242 e. The molecule has 186 valence electrons. The number of carbonyl (C=O) groups excluding carboxylic acids is 3. The number of nitrogens with zero attached hydrogens (tertiary/aromatic N) is 4. The molecular weight excluding hydrogens is 489 g/mol. The molecule has 1 N–H and O–H groups in total. The van der Waals surface area contributed by atoms with E-state index in [-0.39, 0.29) is 30.3 Å². The molecule has 3 aliphatic heterocycles. The summed E-state index contributed by atoms with van der Waals surface area (Å²) in [6.07, 6.45) is 2.07. The maximum Gasteiger partial charge on any atom is 0.242 e. The Morgan fingerprint density at radius 2 is 2.08 bits per heavy atom. The zero-order valence-electron chi connectivity index (χ0n) is 19.7. The standard InChI is InChI=1S/C24H22FN5O5S/c1-10-9-30-19-12(8-24(21(30)11(2)34-10)15(31)7-16(32)28-22(24)33)6-13-18(29-35-20(13)17(19)25)14-4-5-26-23(27-14)36-3/h4-6,10-11,21H,7-9H2,1-3H3,(H,28,32,33)/t10-,11+,21-,24?/m1/s1. The van der Waals surface area contributed by atoms with Gasteiger partial charge in [0, 0.05) is 12.7 Å². The van der Waals surface area contributed by atoms with Crippen molar-refractivity contribution in [3.8, 4) is 11.4 Å². The lowest BCUT2D eigenvalue weighted by Crippen LogP contribution is -2.72. The van der Waals surface area contributed by atoms with Crippen molar-refractivity contribution in [2.24, 2.45) is 5.41 Å². The fourth-order valence-corrected chi connectivity index (χ4v) is 6.26. The molecule has 12 heteroatoms. The number of halogens is 1. The highest BCUT2D eigenvalue weighted by Gasteiger charge is 2.62. The first-order chi connectivity index (χ1) is 17.2. The van der Waals surface area contributed by atoms with Crippen LogP contribution in [0, 0.1) is 11.2 Å². The molecule has 10 nitrogen and oxygen atoms in total. The molecule has 0 aliphatic carbocycles. The van der Waals surface area contributed by atoms with E-state index in [4.69, 9.17) is 9.26 Å². The molecule has 3 aliphatic rings. The third-order valence-electron chi connectivity index (χ3n) is 7.24. The SMILES string of the molecule is CSc1nccc(-c2noc3c(F)c4c(cc23)CC2(C(=O)CC(=O)NC2=O)[C@H]2[C@H](C)O[C@H](C)CN42)n1. The number of imide groups is 1. The first kappa shape index (κ1) is 23.0. The van der Waals surface area contributed by atoms with Gasteiger partial charge in [0.2, 0.25) is 17.4 Å². The molecule has 5 heterocycles. The van der Waals surface area contributed by atoms with Crippen molar-refractivity contribution in [2.45, 2.75) is 50.1 Å². The number of nitrogens with one attached hydrogen (secondary N) is 1. The van der Waals surface area contributed by atoms with E-state index in [0.717, 1.165) is 0 Å². The van der Waals surface area contributed by atoms with Gasteiger partial charge in [0.25, 0.3) is 0 Å². The summed E-state index contributed by atoms with van der Waals surface area (Å²) in [5.41, 5.74) is -0.129. The van der Waals surface area contributed by atoms with E-state index in [9.17, 15) is 14.4 Å². The Morgan fingerprint density at radius 1 is 1.28 bits per heavy atom. The number of piperidine rings is 1. The number of Topliss-reactive ketones (excluding diaryl/α,β-unsaturated/α-hetero) is 1. The molecule has 3 aromatic rings. The van der Waals surface area contributed by atoms with Crippen LogP contribution in [0.5, 0.6) is 0 Å². The summed E-state index contributed by atoms with van der Waals surface area (Å²) in [6.45, 7) is 3.87. The van der Waals surface area contributed by atoms with Gasteiger partial charge in [-0.1, -0.05) is 16.9 Å². The van der Waals surface area contributed by atoms with E-state index in [1.165, 1.54) is 11.8 Å². The predicted molar refractivity (Wildman–Crippen MR) is 127 cm³/mol. The molecule has 1 spiro atoms. The van der Waals surface area contributed by atoms with Gasteiger partial charge in [-0.05, 0) is 44.2 Å². The Hall–Kier alpha value is -3.38. The number of benzene rings is 1. The Bertz CT molecular complexity index is 1440. The number of aromatic nitrogens is 3. The summed E-state index contributed by atoms with van der Waals surface area (Å²) in [4.78, 5) is 49.2. The van der Waals surface area contributed by atoms with Crippen LogP contribution in [-0.4, -0.2) is 63.8 Å². The third kappa shape index (κ3) is 3.13. The average Bonchev–Trinajstić information content (AvgIpc) is 3.26. The first-order valence-electron chi connectivity index (χ1n) is 11.5. The number of ether oxygens (including phenoxy) is 1. The van der Waals surface area contributed by atoms with Gasteiger partial charge in [0.05, 0.1) is 41.4 Å². The molecule has 0 radical (unpaired) electrons. The lowest BCUT2D eigenvalue weighted by atomic mass is 9.63. The van der Waals surface area contributed by atoms with Crippen LogP contribution < -0.4 is 10.2 Å². The molecule has 2 aromatic heterocycles. The van der Waals surface area contributed by atoms with Crippen molar-refractivity contribution in [2.75, 3.05) is 17.7 Å². The fraction of sp³-hybridized carbons (Fsp3) is 0.417. The lowest BCUT2D eigenvalue weighted by Gasteiger charge is -2.55. The molecule has 0 saturated carbocycles. The van der Waals surface area contributed by atoms with Crippen molar-refractivity contribution in [1.82, 2.24) is 20.4 Å². The number of hydrogen-bond acceptors (Lipinski definition) is 10. The van der Waals surface area contributed by atoms with Crippen LogP contribution >= 0.6 is 11.8 Å². The highest BCUT2D eigenvalue weighted by Crippen LogP contribution is 2.50. The number of hydrogen-bond donors (Lipinski definition) is 1. The first-order valence-corrected chi connectivity index (χ1v) is 12.7. The molecule has 0 bridgehead atoms. The summed E-state index contributed by atoms with van der Waals surface area (Å²) < 4.78 is 27.6. The van der Waals surface area contributed by atoms with Gasteiger partial charge in [-0.25, -0.2) is 14.4 Å². The van der Waals surface area contributed by atoms with E-state index in [0.29, 0.717) is 27.5 Å². The molecule has 6 rings (SSSR count). The number of anilines is 1. The van der Waals surface area contributed by atoms with Gasteiger partial charge in [0.1, 0.15) is 11.1 Å². The normalized spacial score (nSPS) is 27.8. The summed E-state index contributed by atoms with van der Waals surface area (Å²) in [7, 11) is 0. The molecule has 1 aromatic carbocycles. The van der Waals surface area contributed by atoms with Crippen LogP contribution in [0.15, 0.2) is 28.0 Å². The quantitative estimate of drug-likeness (QED) is 0.237. The number of carbonyl (C=O) groups is 3. The zero-order valence-corrected chi connectivity index (χ0v) is 20.5. The number of ketones is 1. The van der Waals surface area contributed by atoms with Crippen molar-refractivity contribution in [3.05, 3.63) is 29.7 Å². The highest BCUT2D eigenvalue weighted by molar-refractivity contribution is 7.98. The molecule has 1 unspecified atom stereocenters. The van der Waals surface area contributed by atoms with Crippen LogP contribution in [0.1, 0.15) is 25.8 Å². The van der Waals surface area contributed by atoms with E-state index < -0.39 is 47.4 Å². The van der Waals surface area contributed by atoms with Gasteiger partial charge in [0.15, 0.2) is 16.8 Å². The maximum atomic E-state index is 16.2. The molecular formula is C24H22FN5O5S. The van der Waals surface area contributed by atoms with Crippen molar-refractivity contribution in [1.29, 1.82) is 0 Å². The minimum absolute atomic E-state index is 0.0378. The van der Waals surface area contributed by atoms with Crippen LogP contribution in [-0.2, 0) is 25.5 Å². The second-order valence-corrected chi connectivity index (χ2v) is 10.2. The highest BCUT2D eigenvalue weighted by atomic mass is 32.2. The van der Waals surface area contributed by atoms with Crippen LogP contribution in [0.4, 0.5) is 10.1 Å². The Labute approximate surface area is 208 Å². The Balaban J connectivity index is 1.59. The van der Waals surface area contributed by atoms with Crippen molar-refractivity contribution < 1.29 is 28.0 Å². The number of amides is 2. The largest absolute Gasteiger partial charge is 0.372 e. The van der Waals surface area contributed by atoms with E-state index in [1.54, 1.807) is 30.2 Å². The van der Waals surface area contributed by atoms with Gasteiger partial charge in [-0.3, -0.25) is 19.7 Å². The molecule has 2 saturated heterocycles. The number of morpholine rings is 1. The molecule has 2 fully saturated rings. The molecule has 2 amide bonds. The second-order valence-electron chi connectivity index (χ2n) is 9.41. The molecule has 36 heavy (non-hydrogen) atoms. The number of rotatable bonds is 2. The van der Waals surface area contributed by atoms with Crippen molar-refractivity contribution in [3.63, 3.8) is 0 Å². The number of thioether (sulfide) groups is 1. The zero-order chi connectivity index (χ0) is 25.4. The minimum atomic E-state index is -1.60. The topological polar surface area (TPSA) is 128 Å². The van der Waals surface area contributed by atoms with Gasteiger partial charge >= 0.3 is 0 Å². The Morgan fingerprint density at radius 3 is 2.83 bits per heavy atom. The summed E-state index contributed by atoms with van der Waals surface area (Å²) in [6, 6.07) is 2.57. The lowest BCUT2D eigenvalue weighted by molar-refractivity contribution is -0.158. The third-order valence-corrected chi connectivity index (χ3v) is 7.80. The molecule has 4 atom stereocenters. The van der Waals surface area contributed by atoms with Crippen molar-refractivity contribution >= 4 is 46.0 Å². The predicted octanol–water partition coefficient (Wildman–Crippen LogP) is 2.29. The summed E-state index contributed by atoms with van der Waals surface area (Å²) in [5, 5.41) is 7.34. The second kappa shape index (κ2) is 8.07. The van der Waals surface area contributed by atoms with E-state index in [2.05, 4.69) is 20.4 Å². The van der Waals surface area contributed by atoms with Gasteiger partial charge < -0.3 is 14.2 Å². The van der Waals surface area contributed by atoms with Crippen LogP contribution in [0.2, 0.25) is 0 Å². The monoisotopic (exact) mass is 511 g/mol. The summed E-state index contributed by atoms with van der Waals surface area (Å²) in [5.74, 6) is -2.43. The Kier molecular flexibility index (Phi) is 5.16. The average molecular weight is 512 g/mol. The minimum Gasteiger partial charge on any atom is -0.372 e.